The number of anilines is 3. The Labute approximate surface area is 294 Å². The van der Waals surface area contributed by atoms with Crippen LogP contribution in [0.1, 0.15) is 0 Å². The lowest BCUT2D eigenvalue weighted by atomic mass is 9.97. The summed E-state index contributed by atoms with van der Waals surface area (Å²) in [5.74, 6) is 0. The van der Waals surface area contributed by atoms with Gasteiger partial charge in [-0.1, -0.05) is 133 Å². The fourth-order valence-electron chi connectivity index (χ4n) is 7.57. The molecule has 0 atom stereocenters. The van der Waals surface area contributed by atoms with E-state index in [1.54, 1.807) is 0 Å². The number of benzene rings is 9. The molecule has 0 aliphatic rings. The molecule has 0 unspecified atom stereocenters. The van der Waals surface area contributed by atoms with Crippen LogP contribution in [0.25, 0.3) is 74.7 Å². The highest BCUT2D eigenvalue weighted by atomic mass is 32.1. The first-order chi connectivity index (χ1) is 24.8. The Balaban J connectivity index is 1.12. The molecule has 10 aromatic rings. The first-order valence-electron chi connectivity index (χ1n) is 17.1. The van der Waals surface area contributed by atoms with Gasteiger partial charge in [0, 0.05) is 37.2 Å². The molecule has 1 aromatic heterocycles. The highest BCUT2D eigenvalue weighted by molar-refractivity contribution is 7.25. The van der Waals surface area contributed by atoms with Gasteiger partial charge in [-0.15, -0.1) is 11.3 Å². The molecule has 0 amide bonds. The van der Waals surface area contributed by atoms with Gasteiger partial charge in [-0.3, -0.25) is 0 Å². The lowest BCUT2D eigenvalue weighted by Crippen LogP contribution is -2.09. The number of nitrogens with zero attached hydrogens (tertiary/aromatic N) is 1. The summed E-state index contributed by atoms with van der Waals surface area (Å²) in [5.41, 5.74) is 8.30. The van der Waals surface area contributed by atoms with Crippen molar-refractivity contribution in [3.8, 4) is 22.3 Å². The SMILES string of the molecule is c1ccc2cc3c(cc2c1)sc1ccc(N(c2ccc(-c4cccc5ccccc45)cc2)c2ccc(-c4cccc5ccccc45)cc2)cc13. The normalized spacial score (nSPS) is 11.6. The molecular weight excluding hydrogens is 623 g/mol. The molecule has 0 spiro atoms. The van der Waals surface area contributed by atoms with E-state index in [-0.39, 0.29) is 0 Å². The first kappa shape index (κ1) is 28.8. The molecule has 0 N–H and O–H groups in total. The number of fused-ring (bicyclic) bond motifs is 6. The quantitative estimate of drug-likeness (QED) is 0.179. The molecule has 0 radical (unpaired) electrons. The second-order valence-corrected chi connectivity index (χ2v) is 14.0. The van der Waals surface area contributed by atoms with Crippen LogP contribution in [0.4, 0.5) is 17.1 Å². The minimum atomic E-state index is 1.12. The van der Waals surface area contributed by atoms with E-state index in [4.69, 9.17) is 0 Å². The van der Waals surface area contributed by atoms with Gasteiger partial charge >= 0.3 is 0 Å². The molecule has 1 heterocycles. The smallest absolute Gasteiger partial charge is 0.0468 e. The van der Waals surface area contributed by atoms with Crippen LogP contribution in [0, 0.1) is 0 Å². The average Bonchev–Trinajstić information content (AvgIpc) is 3.54. The molecular formula is C48H31NS. The van der Waals surface area contributed by atoms with Gasteiger partial charge in [0.2, 0.25) is 0 Å². The summed E-state index contributed by atoms with van der Waals surface area (Å²) >= 11 is 1.87. The van der Waals surface area contributed by atoms with Crippen LogP contribution in [0.2, 0.25) is 0 Å². The third-order valence-electron chi connectivity index (χ3n) is 10.0. The fraction of sp³-hybridized carbons (Fsp3) is 0. The summed E-state index contributed by atoms with van der Waals surface area (Å²) in [6, 6.07) is 68.8. The van der Waals surface area contributed by atoms with Gasteiger partial charge in [0.25, 0.3) is 0 Å². The Bertz CT molecular complexity index is 2730. The molecule has 9 aromatic carbocycles. The third-order valence-corrected chi connectivity index (χ3v) is 11.2. The molecule has 1 nitrogen and oxygen atoms in total. The largest absolute Gasteiger partial charge is 0.310 e. The van der Waals surface area contributed by atoms with Crippen LogP contribution in [-0.2, 0) is 0 Å². The Kier molecular flexibility index (Phi) is 6.75. The minimum Gasteiger partial charge on any atom is -0.310 e. The van der Waals surface area contributed by atoms with E-state index in [1.165, 1.54) is 74.7 Å². The van der Waals surface area contributed by atoms with Crippen molar-refractivity contribution < 1.29 is 0 Å². The predicted molar refractivity (Wildman–Crippen MR) is 217 cm³/mol. The zero-order valence-corrected chi connectivity index (χ0v) is 28.1. The summed E-state index contributed by atoms with van der Waals surface area (Å²) in [5, 5.41) is 10.2. The van der Waals surface area contributed by atoms with E-state index < -0.39 is 0 Å². The monoisotopic (exact) mass is 653 g/mol. The van der Waals surface area contributed by atoms with Crippen molar-refractivity contribution in [2.75, 3.05) is 4.90 Å². The molecule has 0 fully saturated rings. The van der Waals surface area contributed by atoms with Crippen molar-refractivity contribution in [3.63, 3.8) is 0 Å². The third kappa shape index (κ3) is 4.84. The van der Waals surface area contributed by atoms with Crippen LogP contribution in [-0.4, -0.2) is 0 Å². The van der Waals surface area contributed by atoms with Crippen LogP contribution < -0.4 is 4.90 Å². The zero-order valence-electron chi connectivity index (χ0n) is 27.3. The maximum absolute atomic E-state index is 2.39. The minimum absolute atomic E-state index is 1.12. The second kappa shape index (κ2) is 11.7. The summed E-state index contributed by atoms with van der Waals surface area (Å²) < 4.78 is 2.62. The van der Waals surface area contributed by atoms with E-state index in [1.807, 2.05) is 11.3 Å². The molecule has 50 heavy (non-hydrogen) atoms. The maximum Gasteiger partial charge on any atom is 0.0468 e. The first-order valence-corrected chi connectivity index (χ1v) is 17.9. The topological polar surface area (TPSA) is 3.24 Å². The van der Waals surface area contributed by atoms with E-state index in [2.05, 4.69) is 193 Å². The van der Waals surface area contributed by atoms with Gasteiger partial charge in [-0.05, 0) is 109 Å². The number of hydrogen-bond donors (Lipinski definition) is 0. The summed E-state index contributed by atoms with van der Waals surface area (Å²) in [6.45, 7) is 0. The van der Waals surface area contributed by atoms with Gasteiger partial charge in [0.1, 0.15) is 0 Å². The van der Waals surface area contributed by atoms with Crippen molar-refractivity contribution in [3.05, 3.63) is 188 Å². The highest BCUT2D eigenvalue weighted by Gasteiger charge is 2.17. The van der Waals surface area contributed by atoms with Gasteiger partial charge in [0.15, 0.2) is 0 Å². The summed E-state index contributed by atoms with van der Waals surface area (Å²) in [4.78, 5) is 2.39. The van der Waals surface area contributed by atoms with Crippen LogP contribution in [0.5, 0.6) is 0 Å². The average molecular weight is 654 g/mol. The summed E-state index contributed by atoms with van der Waals surface area (Å²) in [6.07, 6.45) is 0. The van der Waals surface area contributed by atoms with Crippen molar-refractivity contribution >= 4 is 80.9 Å². The van der Waals surface area contributed by atoms with Crippen molar-refractivity contribution in [2.45, 2.75) is 0 Å². The molecule has 10 rings (SSSR count). The molecule has 0 aliphatic carbocycles. The Morgan fingerprint density at radius 3 is 1.34 bits per heavy atom. The van der Waals surface area contributed by atoms with Crippen LogP contribution in [0.15, 0.2) is 188 Å². The number of hydrogen-bond acceptors (Lipinski definition) is 2. The molecule has 0 aliphatic heterocycles. The predicted octanol–water partition coefficient (Wildman–Crippen LogP) is 14.3. The van der Waals surface area contributed by atoms with E-state index >= 15 is 0 Å². The van der Waals surface area contributed by atoms with E-state index in [9.17, 15) is 0 Å². The van der Waals surface area contributed by atoms with Crippen molar-refractivity contribution in [1.29, 1.82) is 0 Å². The zero-order chi connectivity index (χ0) is 33.0. The van der Waals surface area contributed by atoms with Crippen LogP contribution in [0.3, 0.4) is 0 Å². The van der Waals surface area contributed by atoms with Crippen molar-refractivity contribution in [2.24, 2.45) is 0 Å². The molecule has 2 heteroatoms. The lowest BCUT2D eigenvalue weighted by Gasteiger charge is -2.26. The Morgan fingerprint density at radius 1 is 0.300 bits per heavy atom. The molecule has 0 saturated carbocycles. The molecule has 234 valence electrons. The highest BCUT2D eigenvalue weighted by Crippen LogP contribution is 2.43. The lowest BCUT2D eigenvalue weighted by molar-refractivity contribution is 1.29. The van der Waals surface area contributed by atoms with Gasteiger partial charge in [0.05, 0.1) is 0 Å². The number of rotatable bonds is 5. The van der Waals surface area contributed by atoms with Gasteiger partial charge < -0.3 is 4.90 Å². The fourth-order valence-corrected chi connectivity index (χ4v) is 8.69. The standard InChI is InChI=1S/C48H31NS/c1-2-12-37-30-48-45(29-36(37)11-1)46-31-40(27-28-47(46)50-48)49(38-23-19-34(20-24-38)43-17-7-13-32-9-3-5-15-41(32)43)39-25-21-35(22-26-39)44-18-8-14-33-10-4-6-16-42(33)44/h1-31H. The van der Waals surface area contributed by atoms with E-state index in [0.717, 1.165) is 17.1 Å². The van der Waals surface area contributed by atoms with Crippen molar-refractivity contribution in [1.82, 2.24) is 0 Å². The number of thiophene rings is 1. The maximum atomic E-state index is 2.39. The summed E-state index contributed by atoms with van der Waals surface area (Å²) in [7, 11) is 0. The van der Waals surface area contributed by atoms with Gasteiger partial charge in [-0.2, -0.15) is 0 Å². The van der Waals surface area contributed by atoms with Crippen LogP contribution >= 0.6 is 11.3 Å². The van der Waals surface area contributed by atoms with E-state index in [0.29, 0.717) is 0 Å². The Morgan fingerprint density at radius 2 is 0.760 bits per heavy atom. The van der Waals surface area contributed by atoms with Gasteiger partial charge in [-0.25, -0.2) is 0 Å². The Hall–Kier alpha value is -6.22. The second-order valence-electron chi connectivity index (χ2n) is 13.0. The molecule has 0 saturated heterocycles. The molecule has 0 bridgehead atoms.